The first-order valence-corrected chi connectivity index (χ1v) is 4.16. The van der Waals surface area contributed by atoms with E-state index in [4.69, 9.17) is 4.74 Å². The number of benzene rings is 1. The van der Waals surface area contributed by atoms with Crippen LogP contribution in [0.3, 0.4) is 0 Å². The molecule has 1 aromatic carbocycles. The molecule has 0 spiro atoms. The maximum Gasteiger partial charge on any atom is 0.395 e. The van der Waals surface area contributed by atoms with E-state index < -0.39 is 12.1 Å². The molecule has 0 saturated carbocycles. The van der Waals surface area contributed by atoms with Crippen LogP contribution in [0.1, 0.15) is 18.4 Å². The van der Waals surface area contributed by atoms with Gasteiger partial charge in [0.2, 0.25) is 0 Å². The van der Waals surface area contributed by atoms with E-state index in [9.17, 15) is 13.2 Å². The zero-order valence-corrected chi connectivity index (χ0v) is 7.93. The third kappa shape index (κ3) is 2.40. The van der Waals surface area contributed by atoms with Crippen LogP contribution in [-0.4, -0.2) is 13.3 Å². The summed E-state index contributed by atoms with van der Waals surface area (Å²) >= 11 is 0. The maximum absolute atomic E-state index is 12.3. The van der Waals surface area contributed by atoms with Gasteiger partial charge < -0.3 is 4.74 Å². The van der Waals surface area contributed by atoms with Crippen LogP contribution in [0, 0.1) is 0 Å². The summed E-state index contributed by atoms with van der Waals surface area (Å²) in [5.74, 6) is -1.02. The average Bonchev–Trinajstić information content (AvgIpc) is 2.15. The molecule has 0 saturated heterocycles. The van der Waals surface area contributed by atoms with Crippen LogP contribution in [0.15, 0.2) is 24.3 Å². The molecule has 0 aliphatic carbocycles. The minimum absolute atomic E-state index is 0.219. The zero-order chi connectivity index (χ0) is 10.8. The van der Waals surface area contributed by atoms with Gasteiger partial charge in [-0.15, -0.1) is 0 Å². The van der Waals surface area contributed by atoms with Gasteiger partial charge in [-0.25, -0.2) is 0 Å². The highest BCUT2D eigenvalue weighted by molar-refractivity contribution is 5.31. The molecule has 0 bridgehead atoms. The van der Waals surface area contributed by atoms with Crippen LogP contribution in [-0.2, 0) is 0 Å². The van der Waals surface area contributed by atoms with Crippen LogP contribution < -0.4 is 4.74 Å². The largest absolute Gasteiger partial charge is 0.497 e. The Bertz CT molecular complexity index is 306. The van der Waals surface area contributed by atoms with E-state index in [1.54, 1.807) is 12.1 Å². The molecule has 0 heterocycles. The van der Waals surface area contributed by atoms with E-state index in [-0.39, 0.29) is 5.56 Å². The molecule has 0 aliphatic heterocycles. The van der Waals surface area contributed by atoms with Crippen LogP contribution in [0.5, 0.6) is 5.75 Å². The second-order valence-electron chi connectivity index (χ2n) is 3.04. The van der Waals surface area contributed by atoms with E-state index in [1.165, 1.54) is 19.2 Å². The van der Waals surface area contributed by atoms with Gasteiger partial charge in [-0.05, 0) is 24.6 Å². The number of alkyl halides is 3. The lowest BCUT2D eigenvalue weighted by atomic mass is 10.0. The molecule has 78 valence electrons. The van der Waals surface area contributed by atoms with Gasteiger partial charge in [0.25, 0.3) is 0 Å². The van der Waals surface area contributed by atoms with Crippen molar-refractivity contribution in [3.05, 3.63) is 29.8 Å². The third-order valence-electron chi connectivity index (χ3n) is 2.08. The smallest absolute Gasteiger partial charge is 0.395 e. The molecule has 0 unspecified atom stereocenters. The fourth-order valence-corrected chi connectivity index (χ4v) is 1.10. The highest BCUT2D eigenvalue weighted by atomic mass is 19.4. The molecular weight excluding hydrogens is 193 g/mol. The maximum atomic E-state index is 12.3. The zero-order valence-electron chi connectivity index (χ0n) is 7.93. The van der Waals surface area contributed by atoms with E-state index in [0.29, 0.717) is 5.75 Å². The summed E-state index contributed by atoms with van der Waals surface area (Å²) in [5.41, 5.74) is 0.219. The first kappa shape index (κ1) is 10.9. The van der Waals surface area contributed by atoms with Crippen molar-refractivity contribution in [3.8, 4) is 5.75 Å². The Morgan fingerprint density at radius 3 is 2.43 bits per heavy atom. The van der Waals surface area contributed by atoms with Crippen molar-refractivity contribution in [2.45, 2.75) is 19.0 Å². The Labute approximate surface area is 80.5 Å². The summed E-state index contributed by atoms with van der Waals surface area (Å²) in [7, 11) is 1.43. The normalized spacial score (nSPS) is 13.8. The highest BCUT2D eigenvalue weighted by Crippen LogP contribution is 2.35. The third-order valence-corrected chi connectivity index (χ3v) is 2.08. The van der Waals surface area contributed by atoms with Gasteiger partial charge >= 0.3 is 6.18 Å². The minimum atomic E-state index is -4.20. The number of hydrogen-bond donors (Lipinski definition) is 0. The molecule has 1 nitrogen and oxygen atoms in total. The topological polar surface area (TPSA) is 9.23 Å². The quantitative estimate of drug-likeness (QED) is 0.717. The molecule has 0 fully saturated rings. The predicted octanol–water partition coefficient (Wildman–Crippen LogP) is 3.36. The van der Waals surface area contributed by atoms with Crippen LogP contribution in [0.4, 0.5) is 13.2 Å². The van der Waals surface area contributed by atoms with Crippen molar-refractivity contribution >= 4 is 0 Å². The summed E-state index contributed by atoms with van der Waals surface area (Å²) < 4.78 is 41.8. The minimum Gasteiger partial charge on any atom is -0.497 e. The van der Waals surface area contributed by atoms with Crippen molar-refractivity contribution in [1.82, 2.24) is 0 Å². The number of rotatable bonds is 2. The summed E-state index contributed by atoms with van der Waals surface area (Å²) in [6.45, 7) is 1.13. The van der Waals surface area contributed by atoms with Gasteiger partial charge in [0.05, 0.1) is 13.0 Å². The van der Waals surface area contributed by atoms with E-state index in [0.717, 1.165) is 6.92 Å². The first-order valence-electron chi connectivity index (χ1n) is 4.16. The molecule has 0 N–H and O–H groups in total. The van der Waals surface area contributed by atoms with E-state index in [2.05, 4.69) is 0 Å². The second-order valence-corrected chi connectivity index (χ2v) is 3.04. The SMILES string of the molecule is COc1cccc([C@@H](C)C(F)(F)F)c1. The van der Waals surface area contributed by atoms with Gasteiger partial charge in [0, 0.05) is 0 Å². The van der Waals surface area contributed by atoms with E-state index in [1.807, 2.05) is 0 Å². The molecule has 0 aliphatic rings. The standard InChI is InChI=1S/C10H11F3O/c1-7(10(11,12)13)8-4-3-5-9(6-8)14-2/h3-7H,1-2H3/t7-/m1/s1. The molecule has 1 aromatic rings. The molecular formula is C10H11F3O. The van der Waals surface area contributed by atoms with Gasteiger partial charge in [0.15, 0.2) is 0 Å². The monoisotopic (exact) mass is 204 g/mol. The lowest BCUT2D eigenvalue weighted by Crippen LogP contribution is -2.17. The van der Waals surface area contributed by atoms with Crippen molar-refractivity contribution < 1.29 is 17.9 Å². The lowest BCUT2D eigenvalue weighted by molar-refractivity contribution is -0.146. The van der Waals surface area contributed by atoms with Gasteiger partial charge in [-0.1, -0.05) is 12.1 Å². The Kier molecular flexibility index (Phi) is 3.03. The van der Waals surface area contributed by atoms with Crippen LogP contribution in [0.25, 0.3) is 0 Å². The van der Waals surface area contributed by atoms with Crippen LogP contribution >= 0.6 is 0 Å². The molecule has 0 aromatic heterocycles. The van der Waals surface area contributed by atoms with Crippen molar-refractivity contribution in [2.75, 3.05) is 7.11 Å². The fourth-order valence-electron chi connectivity index (χ4n) is 1.10. The lowest BCUT2D eigenvalue weighted by Gasteiger charge is -2.16. The van der Waals surface area contributed by atoms with Gasteiger partial charge in [-0.2, -0.15) is 13.2 Å². The number of ether oxygens (including phenoxy) is 1. The number of halogens is 3. The van der Waals surface area contributed by atoms with E-state index >= 15 is 0 Å². The first-order chi connectivity index (χ1) is 6.45. The molecule has 4 heteroatoms. The number of hydrogen-bond acceptors (Lipinski definition) is 1. The molecule has 1 rings (SSSR count). The summed E-state index contributed by atoms with van der Waals surface area (Å²) in [4.78, 5) is 0. The van der Waals surface area contributed by atoms with Gasteiger partial charge in [-0.3, -0.25) is 0 Å². The summed E-state index contributed by atoms with van der Waals surface area (Å²) in [5, 5.41) is 0. The van der Waals surface area contributed by atoms with Crippen molar-refractivity contribution in [1.29, 1.82) is 0 Å². The Morgan fingerprint density at radius 1 is 1.29 bits per heavy atom. The average molecular weight is 204 g/mol. The number of methoxy groups -OCH3 is 1. The second kappa shape index (κ2) is 3.90. The molecule has 0 amide bonds. The Morgan fingerprint density at radius 2 is 1.93 bits per heavy atom. The Balaban J connectivity index is 2.95. The highest BCUT2D eigenvalue weighted by Gasteiger charge is 2.36. The molecule has 14 heavy (non-hydrogen) atoms. The fraction of sp³-hybridized carbons (Fsp3) is 0.400. The summed E-state index contributed by atoms with van der Waals surface area (Å²) in [6.07, 6.45) is -4.20. The summed E-state index contributed by atoms with van der Waals surface area (Å²) in [6, 6.07) is 6.02. The molecule has 0 radical (unpaired) electrons. The Hall–Kier alpha value is -1.19. The molecule has 1 atom stereocenters. The van der Waals surface area contributed by atoms with Gasteiger partial charge in [0.1, 0.15) is 5.75 Å². The predicted molar refractivity (Wildman–Crippen MR) is 47.5 cm³/mol. The van der Waals surface area contributed by atoms with Crippen molar-refractivity contribution in [3.63, 3.8) is 0 Å². The van der Waals surface area contributed by atoms with Crippen LogP contribution in [0.2, 0.25) is 0 Å². The van der Waals surface area contributed by atoms with Crippen molar-refractivity contribution in [2.24, 2.45) is 0 Å².